The van der Waals surface area contributed by atoms with Crippen LogP contribution in [0.2, 0.25) is 0 Å². The molecule has 3 aromatic rings. The van der Waals surface area contributed by atoms with Crippen LogP contribution in [0.15, 0.2) is 40.8 Å². The Balaban J connectivity index is 1.83. The van der Waals surface area contributed by atoms with Crippen molar-refractivity contribution in [1.29, 1.82) is 0 Å². The van der Waals surface area contributed by atoms with E-state index in [0.29, 0.717) is 6.54 Å². The molecule has 0 aliphatic rings. The lowest BCUT2D eigenvalue weighted by Gasteiger charge is -1.94. The summed E-state index contributed by atoms with van der Waals surface area (Å²) in [5.74, 6) is 0. The fourth-order valence-electron chi connectivity index (χ4n) is 1.38. The zero-order chi connectivity index (χ0) is 10.8. The lowest BCUT2D eigenvalue weighted by Crippen LogP contribution is -2.00. The normalized spacial score (nSPS) is 10.8. The minimum Gasteiger partial charge on any atom is -0.472 e. The summed E-state index contributed by atoms with van der Waals surface area (Å²) in [7, 11) is 0. The molecule has 0 N–H and O–H groups in total. The van der Waals surface area contributed by atoms with Crippen LogP contribution in [0, 0.1) is 0 Å². The molecule has 0 aromatic carbocycles. The first-order chi connectivity index (χ1) is 7.92. The van der Waals surface area contributed by atoms with E-state index in [-0.39, 0.29) is 0 Å². The van der Waals surface area contributed by atoms with E-state index < -0.39 is 0 Å². The zero-order valence-electron chi connectivity index (χ0n) is 8.28. The topological polar surface area (TPSA) is 56.7 Å². The maximum atomic E-state index is 5.02. The summed E-state index contributed by atoms with van der Waals surface area (Å²) in [6.45, 7) is 0.647. The lowest BCUT2D eigenvalue weighted by atomic mass is 10.3. The highest BCUT2D eigenvalue weighted by Crippen LogP contribution is 2.23. The smallest absolute Gasteiger partial charge is 0.126 e. The van der Waals surface area contributed by atoms with Crippen molar-refractivity contribution >= 4 is 11.3 Å². The Labute approximate surface area is 95.4 Å². The number of nitrogens with zero attached hydrogens (tertiary/aromatic N) is 4. The molecule has 3 aromatic heterocycles. The average molecular weight is 232 g/mol. The Bertz CT molecular complexity index is 555. The number of hydrogen-bond donors (Lipinski definition) is 0. The molecule has 0 fully saturated rings. The van der Waals surface area contributed by atoms with Crippen molar-refractivity contribution in [2.75, 3.05) is 0 Å². The molecule has 0 radical (unpaired) electrons. The fourth-order valence-corrected chi connectivity index (χ4v) is 2.18. The number of rotatable bonds is 3. The first kappa shape index (κ1) is 9.29. The van der Waals surface area contributed by atoms with E-state index in [1.807, 2.05) is 17.6 Å². The maximum Gasteiger partial charge on any atom is 0.126 e. The molecule has 3 heterocycles. The van der Waals surface area contributed by atoms with E-state index in [4.69, 9.17) is 4.42 Å². The van der Waals surface area contributed by atoms with Crippen LogP contribution in [0.1, 0.15) is 5.69 Å². The largest absolute Gasteiger partial charge is 0.472 e. The third-order valence-corrected chi connectivity index (χ3v) is 3.06. The Hall–Kier alpha value is -1.95. The molecule has 0 saturated carbocycles. The molecule has 0 atom stereocenters. The third-order valence-electron chi connectivity index (χ3n) is 2.12. The van der Waals surface area contributed by atoms with Crippen LogP contribution in [-0.4, -0.2) is 20.0 Å². The van der Waals surface area contributed by atoms with Gasteiger partial charge in [0.05, 0.1) is 24.7 Å². The molecule has 0 bridgehead atoms. The molecule has 0 spiro atoms. The maximum absolute atomic E-state index is 5.02. The highest BCUT2D eigenvalue weighted by molar-refractivity contribution is 7.13. The summed E-state index contributed by atoms with van der Waals surface area (Å²) >= 11 is 1.60. The number of furan rings is 1. The van der Waals surface area contributed by atoms with Gasteiger partial charge in [-0.1, -0.05) is 5.21 Å². The standard InChI is InChI=1S/C10H8N4OS/c1-4-15-6-8(1)10-12-9(7-16-10)5-14-3-2-11-13-14/h1-4,6-7H,5H2. The molecule has 0 aliphatic heterocycles. The van der Waals surface area contributed by atoms with Gasteiger partial charge in [-0.25, -0.2) is 9.67 Å². The minimum absolute atomic E-state index is 0.647. The predicted molar refractivity (Wildman–Crippen MR) is 58.9 cm³/mol. The molecular weight excluding hydrogens is 224 g/mol. The predicted octanol–water partition coefficient (Wildman–Crippen LogP) is 2.04. The van der Waals surface area contributed by atoms with Crippen LogP contribution in [0.25, 0.3) is 10.6 Å². The van der Waals surface area contributed by atoms with Crippen LogP contribution >= 0.6 is 11.3 Å². The van der Waals surface area contributed by atoms with Crippen LogP contribution < -0.4 is 0 Å². The van der Waals surface area contributed by atoms with Gasteiger partial charge in [-0.3, -0.25) is 0 Å². The van der Waals surface area contributed by atoms with Crippen LogP contribution in [0.5, 0.6) is 0 Å². The van der Waals surface area contributed by atoms with Gasteiger partial charge in [0.15, 0.2) is 0 Å². The van der Waals surface area contributed by atoms with Gasteiger partial charge in [-0.15, -0.1) is 16.4 Å². The second-order valence-corrected chi connectivity index (χ2v) is 4.11. The van der Waals surface area contributed by atoms with Crippen molar-refractivity contribution in [2.24, 2.45) is 0 Å². The summed E-state index contributed by atoms with van der Waals surface area (Å²) in [6, 6.07) is 1.90. The Morgan fingerprint density at radius 1 is 1.44 bits per heavy atom. The minimum atomic E-state index is 0.647. The second kappa shape index (κ2) is 3.90. The molecule has 0 amide bonds. The fraction of sp³-hybridized carbons (Fsp3) is 0.100. The number of hydrogen-bond acceptors (Lipinski definition) is 5. The molecule has 0 aliphatic carbocycles. The Morgan fingerprint density at radius 3 is 3.19 bits per heavy atom. The molecular formula is C10H8N4OS. The summed E-state index contributed by atoms with van der Waals surface area (Å²) in [5.41, 5.74) is 1.99. The van der Waals surface area contributed by atoms with Gasteiger partial charge in [0.1, 0.15) is 11.3 Å². The van der Waals surface area contributed by atoms with E-state index in [0.717, 1.165) is 16.3 Å². The molecule has 0 saturated heterocycles. The molecule has 6 heteroatoms. The lowest BCUT2D eigenvalue weighted by molar-refractivity contribution is 0.568. The number of aromatic nitrogens is 4. The second-order valence-electron chi connectivity index (χ2n) is 3.26. The van der Waals surface area contributed by atoms with Gasteiger partial charge in [-0.2, -0.15) is 0 Å². The van der Waals surface area contributed by atoms with Gasteiger partial charge < -0.3 is 4.42 Å². The van der Waals surface area contributed by atoms with Crippen molar-refractivity contribution in [1.82, 2.24) is 20.0 Å². The summed E-state index contributed by atoms with van der Waals surface area (Å²) in [4.78, 5) is 4.50. The van der Waals surface area contributed by atoms with Gasteiger partial charge in [0.25, 0.3) is 0 Å². The van der Waals surface area contributed by atoms with E-state index in [1.165, 1.54) is 0 Å². The van der Waals surface area contributed by atoms with E-state index >= 15 is 0 Å². The molecule has 0 unspecified atom stereocenters. The first-order valence-corrected chi connectivity index (χ1v) is 5.61. The van der Waals surface area contributed by atoms with Crippen molar-refractivity contribution in [2.45, 2.75) is 6.54 Å². The van der Waals surface area contributed by atoms with Crippen molar-refractivity contribution < 1.29 is 4.42 Å². The molecule has 5 nitrogen and oxygen atoms in total. The zero-order valence-corrected chi connectivity index (χ0v) is 9.09. The monoisotopic (exact) mass is 232 g/mol. The highest BCUT2D eigenvalue weighted by atomic mass is 32.1. The summed E-state index contributed by atoms with van der Waals surface area (Å²) < 4.78 is 6.77. The Kier molecular flexibility index (Phi) is 2.26. The van der Waals surface area contributed by atoms with Gasteiger partial charge >= 0.3 is 0 Å². The van der Waals surface area contributed by atoms with E-state index in [9.17, 15) is 0 Å². The SMILES string of the molecule is c1cn(Cc2csc(-c3ccoc3)n2)nn1. The van der Waals surface area contributed by atoms with Crippen LogP contribution in [-0.2, 0) is 6.54 Å². The van der Waals surface area contributed by atoms with E-state index in [2.05, 4.69) is 15.3 Å². The van der Waals surface area contributed by atoms with Crippen molar-refractivity contribution in [3.63, 3.8) is 0 Å². The summed E-state index contributed by atoms with van der Waals surface area (Å²) in [5, 5.41) is 10.6. The van der Waals surface area contributed by atoms with Crippen LogP contribution in [0.4, 0.5) is 0 Å². The van der Waals surface area contributed by atoms with Crippen molar-refractivity contribution in [3.8, 4) is 10.6 Å². The van der Waals surface area contributed by atoms with Crippen molar-refractivity contribution in [3.05, 3.63) is 42.1 Å². The molecule has 3 rings (SSSR count). The van der Waals surface area contributed by atoms with Gasteiger partial charge in [-0.05, 0) is 6.07 Å². The molecule has 16 heavy (non-hydrogen) atoms. The van der Waals surface area contributed by atoms with Crippen LogP contribution in [0.3, 0.4) is 0 Å². The third kappa shape index (κ3) is 1.74. The summed E-state index contributed by atoms with van der Waals surface area (Å²) in [6.07, 6.45) is 6.81. The number of thiazole rings is 1. The quantitative estimate of drug-likeness (QED) is 0.693. The average Bonchev–Trinajstić information content (AvgIpc) is 2.99. The Morgan fingerprint density at radius 2 is 2.44 bits per heavy atom. The van der Waals surface area contributed by atoms with Gasteiger partial charge in [0.2, 0.25) is 0 Å². The van der Waals surface area contributed by atoms with Gasteiger partial charge in [0, 0.05) is 17.1 Å². The first-order valence-electron chi connectivity index (χ1n) is 4.73. The highest BCUT2D eigenvalue weighted by Gasteiger charge is 2.06. The van der Waals surface area contributed by atoms with E-state index in [1.54, 1.807) is 34.7 Å². The molecule has 80 valence electrons.